The number of nitrogens with zero attached hydrogens (tertiary/aromatic N) is 5. The van der Waals surface area contributed by atoms with Gasteiger partial charge in [-0.3, -0.25) is 14.1 Å². The minimum Gasteiger partial charge on any atom is -0.301 e. The SMILES string of the molecule is Cc1ccc(-c2csc(NC(=O)C(C)N3CCC(c4nnc5ccccn45)CC3)n2)cc1. The first-order chi connectivity index (χ1) is 15.6. The smallest absolute Gasteiger partial charge is 0.243 e. The van der Waals surface area contributed by atoms with Gasteiger partial charge in [-0.15, -0.1) is 21.5 Å². The minimum absolute atomic E-state index is 0.0128. The summed E-state index contributed by atoms with van der Waals surface area (Å²) >= 11 is 1.46. The lowest BCUT2D eigenvalue weighted by Crippen LogP contribution is -2.45. The van der Waals surface area contributed by atoms with Crippen molar-refractivity contribution in [1.29, 1.82) is 0 Å². The normalized spacial score (nSPS) is 16.3. The maximum Gasteiger partial charge on any atom is 0.243 e. The molecule has 1 unspecified atom stereocenters. The molecule has 1 aliphatic rings. The van der Waals surface area contributed by atoms with Crippen molar-refractivity contribution in [1.82, 2.24) is 24.5 Å². The van der Waals surface area contributed by atoms with Crippen LogP contribution >= 0.6 is 11.3 Å². The van der Waals surface area contributed by atoms with Gasteiger partial charge in [0.05, 0.1) is 11.7 Å². The van der Waals surface area contributed by atoms with Crippen molar-refractivity contribution < 1.29 is 4.79 Å². The third-order valence-electron chi connectivity index (χ3n) is 6.24. The highest BCUT2D eigenvalue weighted by Crippen LogP contribution is 2.29. The molecule has 1 saturated heterocycles. The average molecular weight is 447 g/mol. The Kier molecular flexibility index (Phi) is 5.71. The lowest BCUT2D eigenvalue weighted by atomic mass is 9.95. The van der Waals surface area contributed by atoms with Gasteiger partial charge in [0, 0.05) is 23.1 Å². The number of amides is 1. The highest BCUT2D eigenvalue weighted by atomic mass is 32.1. The number of thiazole rings is 1. The highest BCUT2D eigenvalue weighted by Gasteiger charge is 2.29. The number of piperidine rings is 1. The van der Waals surface area contributed by atoms with Crippen molar-refractivity contribution in [2.24, 2.45) is 0 Å². The van der Waals surface area contributed by atoms with Gasteiger partial charge in [0.15, 0.2) is 10.8 Å². The van der Waals surface area contributed by atoms with Gasteiger partial charge in [-0.2, -0.15) is 0 Å². The van der Waals surface area contributed by atoms with Crippen molar-refractivity contribution in [2.45, 2.75) is 38.6 Å². The number of carbonyl (C=O) groups is 1. The average Bonchev–Trinajstić information content (AvgIpc) is 3.46. The molecule has 1 fully saturated rings. The van der Waals surface area contributed by atoms with Gasteiger partial charge < -0.3 is 5.32 Å². The lowest BCUT2D eigenvalue weighted by Gasteiger charge is -2.34. The molecular weight excluding hydrogens is 420 g/mol. The van der Waals surface area contributed by atoms with Crippen LogP contribution in [0.1, 0.15) is 37.1 Å². The number of rotatable bonds is 5. The monoisotopic (exact) mass is 446 g/mol. The number of hydrogen-bond acceptors (Lipinski definition) is 6. The number of benzene rings is 1. The zero-order valence-electron chi connectivity index (χ0n) is 18.2. The Morgan fingerprint density at radius 2 is 1.91 bits per heavy atom. The Bertz CT molecular complexity index is 1220. The molecule has 8 heteroatoms. The summed E-state index contributed by atoms with van der Waals surface area (Å²) in [5.41, 5.74) is 4.04. The number of nitrogens with one attached hydrogen (secondary N) is 1. The molecular formula is C24H26N6OS. The minimum atomic E-state index is -0.210. The fraction of sp³-hybridized carbons (Fsp3) is 0.333. The number of carbonyl (C=O) groups excluding carboxylic acids is 1. The first-order valence-corrected chi connectivity index (χ1v) is 11.8. The Labute approximate surface area is 191 Å². The van der Waals surface area contributed by atoms with E-state index in [9.17, 15) is 4.79 Å². The molecule has 5 rings (SSSR count). The van der Waals surface area contributed by atoms with Crippen molar-refractivity contribution in [3.05, 3.63) is 65.4 Å². The molecule has 32 heavy (non-hydrogen) atoms. The number of pyridine rings is 1. The van der Waals surface area contributed by atoms with E-state index in [1.165, 1.54) is 16.9 Å². The van der Waals surface area contributed by atoms with Crippen LogP contribution in [0.4, 0.5) is 5.13 Å². The van der Waals surface area contributed by atoms with E-state index >= 15 is 0 Å². The summed E-state index contributed by atoms with van der Waals surface area (Å²) in [6, 6.07) is 14.0. The number of aryl methyl sites for hydroxylation is 1. The predicted molar refractivity (Wildman–Crippen MR) is 127 cm³/mol. The second-order valence-corrected chi connectivity index (χ2v) is 9.22. The van der Waals surface area contributed by atoms with Gasteiger partial charge >= 0.3 is 0 Å². The second kappa shape index (κ2) is 8.80. The molecule has 7 nitrogen and oxygen atoms in total. The summed E-state index contributed by atoms with van der Waals surface area (Å²) in [5, 5.41) is 14.3. The molecule has 3 aromatic heterocycles. The molecule has 1 aliphatic heterocycles. The topological polar surface area (TPSA) is 75.4 Å². The summed E-state index contributed by atoms with van der Waals surface area (Å²) < 4.78 is 2.07. The quantitative estimate of drug-likeness (QED) is 0.493. The standard InChI is InChI=1S/C24H26N6OS/c1-16-6-8-18(9-7-16)20-15-32-24(25-20)26-23(31)17(2)29-13-10-19(11-14-29)22-28-27-21-5-3-4-12-30(21)22/h3-9,12,15,17,19H,10-11,13-14H2,1-2H3,(H,25,26,31). The maximum atomic E-state index is 12.9. The summed E-state index contributed by atoms with van der Waals surface area (Å²) in [4.78, 5) is 19.7. The van der Waals surface area contributed by atoms with E-state index in [1.807, 2.05) is 36.7 Å². The van der Waals surface area contributed by atoms with Crippen molar-refractivity contribution in [3.63, 3.8) is 0 Å². The van der Waals surface area contributed by atoms with Crippen LogP contribution < -0.4 is 5.32 Å². The third-order valence-corrected chi connectivity index (χ3v) is 7.00. The van der Waals surface area contributed by atoms with Crippen LogP contribution in [0.25, 0.3) is 16.9 Å². The first-order valence-electron chi connectivity index (χ1n) is 11.0. The summed E-state index contributed by atoms with van der Waals surface area (Å²) in [6.45, 7) is 5.74. The number of likely N-dealkylation sites (tertiary alicyclic amines) is 1. The summed E-state index contributed by atoms with van der Waals surface area (Å²) in [7, 11) is 0. The Hall–Kier alpha value is -3.10. The van der Waals surface area contributed by atoms with Crippen LogP contribution in [0.2, 0.25) is 0 Å². The molecule has 0 saturated carbocycles. The lowest BCUT2D eigenvalue weighted by molar-refractivity contribution is -0.121. The van der Waals surface area contributed by atoms with Gasteiger partial charge in [-0.05, 0) is 51.9 Å². The van der Waals surface area contributed by atoms with Gasteiger partial charge in [-0.25, -0.2) is 4.98 Å². The van der Waals surface area contributed by atoms with Gasteiger partial charge in [0.1, 0.15) is 5.82 Å². The molecule has 164 valence electrons. The van der Waals surface area contributed by atoms with Crippen LogP contribution in [-0.4, -0.2) is 49.5 Å². The Morgan fingerprint density at radius 1 is 1.12 bits per heavy atom. The van der Waals surface area contributed by atoms with E-state index in [0.717, 1.165) is 48.7 Å². The van der Waals surface area contributed by atoms with Crippen LogP contribution in [0.5, 0.6) is 0 Å². The molecule has 0 aliphatic carbocycles. The molecule has 4 aromatic rings. The molecule has 0 spiro atoms. The summed E-state index contributed by atoms with van der Waals surface area (Å²) in [5.74, 6) is 1.36. The molecule has 1 aromatic carbocycles. The first kappa shape index (κ1) is 20.8. The van der Waals surface area contributed by atoms with E-state index in [4.69, 9.17) is 0 Å². The largest absolute Gasteiger partial charge is 0.301 e. The maximum absolute atomic E-state index is 12.9. The number of hydrogen-bond donors (Lipinski definition) is 1. The number of anilines is 1. The van der Waals surface area contributed by atoms with E-state index < -0.39 is 0 Å². The molecule has 1 amide bonds. The number of fused-ring (bicyclic) bond motifs is 1. The fourth-order valence-corrected chi connectivity index (χ4v) is 4.97. The number of aromatic nitrogens is 4. The molecule has 0 radical (unpaired) electrons. The highest BCUT2D eigenvalue weighted by molar-refractivity contribution is 7.14. The van der Waals surface area contributed by atoms with E-state index in [-0.39, 0.29) is 11.9 Å². The van der Waals surface area contributed by atoms with Gasteiger partial charge in [-0.1, -0.05) is 35.9 Å². The molecule has 4 heterocycles. The van der Waals surface area contributed by atoms with E-state index in [1.54, 1.807) is 0 Å². The van der Waals surface area contributed by atoms with Crippen LogP contribution in [0.15, 0.2) is 54.0 Å². The zero-order chi connectivity index (χ0) is 22.1. The van der Waals surface area contributed by atoms with Crippen LogP contribution in [0.3, 0.4) is 0 Å². The molecule has 1 N–H and O–H groups in total. The van der Waals surface area contributed by atoms with Gasteiger partial charge in [0.2, 0.25) is 5.91 Å². The van der Waals surface area contributed by atoms with E-state index in [2.05, 4.69) is 61.0 Å². The fourth-order valence-electron chi connectivity index (χ4n) is 4.25. The zero-order valence-corrected chi connectivity index (χ0v) is 19.0. The van der Waals surface area contributed by atoms with Crippen molar-refractivity contribution >= 4 is 28.0 Å². The van der Waals surface area contributed by atoms with E-state index in [0.29, 0.717) is 11.0 Å². The van der Waals surface area contributed by atoms with Crippen LogP contribution in [-0.2, 0) is 4.79 Å². The molecule has 1 atom stereocenters. The predicted octanol–water partition coefficient (Wildman–Crippen LogP) is 4.37. The Morgan fingerprint density at radius 3 is 2.69 bits per heavy atom. The second-order valence-electron chi connectivity index (χ2n) is 8.37. The summed E-state index contributed by atoms with van der Waals surface area (Å²) in [6.07, 6.45) is 3.94. The third kappa shape index (κ3) is 4.16. The van der Waals surface area contributed by atoms with Gasteiger partial charge in [0.25, 0.3) is 0 Å². The Balaban J connectivity index is 1.19. The van der Waals surface area contributed by atoms with Crippen LogP contribution in [0, 0.1) is 6.92 Å². The van der Waals surface area contributed by atoms with Crippen molar-refractivity contribution in [3.8, 4) is 11.3 Å². The molecule has 0 bridgehead atoms. The van der Waals surface area contributed by atoms with Crippen molar-refractivity contribution in [2.75, 3.05) is 18.4 Å².